The molecule has 1 fully saturated rings. The second-order valence-corrected chi connectivity index (χ2v) is 6.12. The van der Waals surface area contributed by atoms with Gasteiger partial charge in [0.15, 0.2) is 0 Å². The summed E-state index contributed by atoms with van der Waals surface area (Å²) in [6.45, 7) is 3.32. The van der Waals surface area contributed by atoms with E-state index in [9.17, 15) is 4.79 Å². The Kier molecular flexibility index (Phi) is 3.49. The predicted molar refractivity (Wildman–Crippen MR) is 75.6 cm³/mol. The molecule has 20 heavy (non-hydrogen) atoms. The van der Waals surface area contributed by atoms with Gasteiger partial charge in [-0.05, 0) is 12.5 Å². The number of carbonyl (C=O) groups is 1. The first-order valence-electron chi connectivity index (χ1n) is 6.43. The lowest BCUT2D eigenvalue weighted by atomic mass is 9.90. The molecular formula is C12H16N6OS. The summed E-state index contributed by atoms with van der Waals surface area (Å²) in [6, 6.07) is 0. The van der Waals surface area contributed by atoms with Gasteiger partial charge in [0, 0.05) is 32.3 Å². The molecule has 8 heteroatoms. The quantitative estimate of drug-likeness (QED) is 0.861. The normalized spacial score (nSPS) is 22.1. The molecule has 1 aliphatic rings. The van der Waals surface area contributed by atoms with Crippen LogP contribution in [0.5, 0.6) is 0 Å². The fourth-order valence-corrected chi connectivity index (χ4v) is 3.08. The summed E-state index contributed by atoms with van der Waals surface area (Å²) in [6.07, 6.45) is 3.79. The lowest BCUT2D eigenvalue weighted by Crippen LogP contribution is -2.28. The van der Waals surface area contributed by atoms with Crippen molar-refractivity contribution in [1.29, 1.82) is 0 Å². The van der Waals surface area contributed by atoms with Crippen molar-refractivity contribution in [2.75, 3.05) is 18.4 Å². The molecule has 106 valence electrons. The molecule has 0 aliphatic carbocycles. The number of nitrogens with one attached hydrogen (secondary N) is 2. The van der Waals surface area contributed by atoms with E-state index in [1.165, 1.54) is 11.3 Å². The maximum atomic E-state index is 12.4. The molecule has 2 aromatic rings. The first-order chi connectivity index (χ1) is 9.63. The van der Waals surface area contributed by atoms with Crippen molar-refractivity contribution >= 4 is 22.4 Å². The van der Waals surface area contributed by atoms with E-state index < -0.39 is 0 Å². The average molecular weight is 292 g/mol. The Morgan fingerprint density at radius 3 is 3.00 bits per heavy atom. The zero-order chi connectivity index (χ0) is 14.1. The third-order valence-corrected chi connectivity index (χ3v) is 4.21. The van der Waals surface area contributed by atoms with Crippen LogP contribution >= 0.6 is 11.3 Å². The highest BCUT2D eigenvalue weighted by Crippen LogP contribution is 2.29. The standard InChI is InChI=1S/C12H16N6OS/c1-7-16-17-12(20-7)15-11(19)10-5-13-4-9(10)8-3-14-18(2)6-8/h3,6,9-10,13H,4-5H2,1-2H3,(H,15,17,19)/t9-,10+/m1/s1. The molecule has 1 saturated heterocycles. The first-order valence-corrected chi connectivity index (χ1v) is 7.25. The molecule has 0 bridgehead atoms. The summed E-state index contributed by atoms with van der Waals surface area (Å²) in [5.41, 5.74) is 1.09. The number of anilines is 1. The van der Waals surface area contributed by atoms with E-state index in [2.05, 4.69) is 25.9 Å². The zero-order valence-corrected chi connectivity index (χ0v) is 12.1. The molecule has 1 aliphatic heterocycles. The van der Waals surface area contributed by atoms with Gasteiger partial charge in [-0.3, -0.25) is 9.48 Å². The van der Waals surface area contributed by atoms with Crippen LogP contribution in [0, 0.1) is 12.8 Å². The number of aromatic nitrogens is 4. The number of amides is 1. The smallest absolute Gasteiger partial charge is 0.231 e. The van der Waals surface area contributed by atoms with Crippen molar-refractivity contribution in [2.24, 2.45) is 13.0 Å². The second-order valence-electron chi connectivity index (χ2n) is 4.93. The van der Waals surface area contributed by atoms with Crippen LogP contribution < -0.4 is 10.6 Å². The molecule has 2 aromatic heterocycles. The Balaban J connectivity index is 1.73. The number of nitrogens with zero attached hydrogens (tertiary/aromatic N) is 4. The largest absolute Gasteiger partial charge is 0.315 e. The highest BCUT2D eigenvalue weighted by atomic mass is 32.1. The topological polar surface area (TPSA) is 84.7 Å². The lowest BCUT2D eigenvalue weighted by Gasteiger charge is -2.15. The van der Waals surface area contributed by atoms with Gasteiger partial charge in [0.2, 0.25) is 11.0 Å². The van der Waals surface area contributed by atoms with Gasteiger partial charge in [-0.1, -0.05) is 11.3 Å². The summed E-state index contributed by atoms with van der Waals surface area (Å²) in [5.74, 6) is 0.0288. The molecule has 0 aromatic carbocycles. The van der Waals surface area contributed by atoms with Crippen LogP contribution in [-0.2, 0) is 11.8 Å². The third-order valence-electron chi connectivity index (χ3n) is 3.46. The van der Waals surface area contributed by atoms with Crippen molar-refractivity contribution in [1.82, 2.24) is 25.3 Å². The Bertz CT molecular complexity index is 621. The monoisotopic (exact) mass is 292 g/mol. The van der Waals surface area contributed by atoms with E-state index in [4.69, 9.17) is 0 Å². The van der Waals surface area contributed by atoms with Crippen molar-refractivity contribution < 1.29 is 4.79 Å². The van der Waals surface area contributed by atoms with Gasteiger partial charge in [-0.25, -0.2) is 0 Å². The SMILES string of the molecule is Cc1nnc(NC(=O)[C@H]2CNC[C@@H]2c2cnn(C)c2)s1. The molecular weight excluding hydrogens is 276 g/mol. The molecule has 7 nitrogen and oxygen atoms in total. The van der Waals surface area contributed by atoms with Crippen LogP contribution in [0.25, 0.3) is 0 Å². The van der Waals surface area contributed by atoms with Crippen LogP contribution in [0.1, 0.15) is 16.5 Å². The molecule has 0 radical (unpaired) electrons. The molecule has 3 rings (SSSR count). The Hall–Kier alpha value is -1.80. The summed E-state index contributed by atoms with van der Waals surface area (Å²) in [7, 11) is 1.88. The van der Waals surface area contributed by atoms with Crippen LogP contribution in [0.2, 0.25) is 0 Å². The van der Waals surface area contributed by atoms with E-state index in [1.807, 2.05) is 26.4 Å². The van der Waals surface area contributed by atoms with Crippen LogP contribution in [0.3, 0.4) is 0 Å². The van der Waals surface area contributed by atoms with Crippen molar-refractivity contribution in [3.8, 4) is 0 Å². The number of hydrogen-bond donors (Lipinski definition) is 2. The number of rotatable bonds is 3. The molecule has 0 spiro atoms. The summed E-state index contributed by atoms with van der Waals surface area (Å²) in [5, 5.41) is 19.5. The molecule has 1 amide bonds. The summed E-state index contributed by atoms with van der Waals surface area (Å²) < 4.78 is 1.76. The minimum Gasteiger partial charge on any atom is -0.315 e. The molecule has 0 saturated carbocycles. The van der Waals surface area contributed by atoms with Gasteiger partial charge in [-0.2, -0.15) is 5.10 Å². The van der Waals surface area contributed by atoms with E-state index in [1.54, 1.807) is 4.68 Å². The molecule has 0 unspecified atom stereocenters. The van der Waals surface area contributed by atoms with Crippen molar-refractivity contribution in [3.05, 3.63) is 23.0 Å². The minimum absolute atomic E-state index is 0.0139. The number of hydrogen-bond acceptors (Lipinski definition) is 6. The highest BCUT2D eigenvalue weighted by molar-refractivity contribution is 7.15. The van der Waals surface area contributed by atoms with E-state index in [-0.39, 0.29) is 17.7 Å². The number of carbonyl (C=O) groups excluding carboxylic acids is 1. The molecule has 2 atom stereocenters. The maximum Gasteiger partial charge on any atom is 0.231 e. The fraction of sp³-hybridized carbons (Fsp3) is 0.500. The Labute approximate surface area is 120 Å². The molecule has 2 N–H and O–H groups in total. The van der Waals surface area contributed by atoms with Crippen LogP contribution in [0.4, 0.5) is 5.13 Å². The number of aryl methyl sites for hydroxylation is 2. The first kappa shape index (κ1) is 13.2. The second kappa shape index (κ2) is 5.29. The predicted octanol–water partition coefficient (Wildman–Crippen LogP) is 0.522. The van der Waals surface area contributed by atoms with Gasteiger partial charge in [0.05, 0.1) is 12.1 Å². The molecule has 3 heterocycles. The Morgan fingerprint density at radius 2 is 2.35 bits per heavy atom. The van der Waals surface area contributed by atoms with E-state index >= 15 is 0 Å². The van der Waals surface area contributed by atoms with Crippen LogP contribution in [-0.4, -0.2) is 39.0 Å². The van der Waals surface area contributed by atoms with E-state index in [0.29, 0.717) is 11.7 Å². The summed E-state index contributed by atoms with van der Waals surface area (Å²) >= 11 is 1.38. The Morgan fingerprint density at radius 1 is 1.50 bits per heavy atom. The van der Waals surface area contributed by atoms with Gasteiger partial charge in [0.1, 0.15) is 5.01 Å². The van der Waals surface area contributed by atoms with Gasteiger partial charge < -0.3 is 10.6 Å². The average Bonchev–Trinajstić information content (AvgIpc) is 3.09. The van der Waals surface area contributed by atoms with Gasteiger partial charge in [-0.15, -0.1) is 10.2 Å². The summed E-state index contributed by atoms with van der Waals surface area (Å²) in [4.78, 5) is 12.4. The third kappa shape index (κ3) is 2.56. The lowest BCUT2D eigenvalue weighted by molar-refractivity contribution is -0.119. The highest BCUT2D eigenvalue weighted by Gasteiger charge is 2.35. The minimum atomic E-state index is -0.108. The van der Waals surface area contributed by atoms with Crippen LogP contribution in [0.15, 0.2) is 12.4 Å². The van der Waals surface area contributed by atoms with Gasteiger partial charge >= 0.3 is 0 Å². The zero-order valence-electron chi connectivity index (χ0n) is 11.3. The van der Waals surface area contributed by atoms with Crippen molar-refractivity contribution in [3.63, 3.8) is 0 Å². The maximum absolute atomic E-state index is 12.4. The van der Waals surface area contributed by atoms with Gasteiger partial charge in [0.25, 0.3) is 0 Å². The van der Waals surface area contributed by atoms with Crippen molar-refractivity contribution in [2.45, 2.75) is 12.8 Å². The van der Waals surface area contributed by atoms with E-state index in [0.717, 1.165) is 17.1 Å². The fourth-order valence-electron chi connectivity index (χ4n) is 2.48.